The number of pyridine rings is 1. The molecule has 2 heterocycles. The van der Waals surface area contributed by atoms with Gasteiger partial charge < -0.3 is 5.32 Å². The van der Waals surface area contributed by atoms with Crippen molar-refractivity contribution in [3.05, 3.63) is 46.9 Å². The molecule has 106 valence electrons. The van der Waals surface area contributed by atoms with E-state index in [0.717, 1.165) is 16.5 Å². The van der Waals surface area contributed by atoms with Crippen molar-refractivity contribution in [1.82, 2.24) is 30.9 Å². The number of nitrogens with one attached hydrogen (secondary N) is 2. The molecule has 0 aliphatic carbocycles. The molecule has 2 aromatic heterocycles. The number of rotatable bonds is 3. The van der Waals surface area contributed by atoms with Crippen LogP contribution < -0.4 is 5.32 Å². The summed E-state index contributed by atoms with van der Waals surface area (Å²) in [5, 5.41) is 17.1. The minimum Gasteiger partial charge on any atom is -0.345 e. The number of benzene rings is 1. The van der Waals surface area contributed by atoms with Crippen LogP contribution in [0.1, 0.15) is 27.4 Å². The zero-order chi connectivity index (χ0) is 14.8. The Morgan fingerprint density at radius 3 is 2.95 bits per heavy atom. The lowest BCUT2D eigenvalue weighted by Crippen LogP contribution is -2.24. The van der Waals surface area contributed by atoms with Crippen LogP contribution in [0, 0.1) is 13.8 Å². The highest BCUT2D eigenvalue weighted by Gasteiger charge is 2.13. The van der Waals surface area contributed by atoms with Crippen LogP contribution in [0.15, 0.2) is 24.3 Å². The first-order valence-corrected chi connectivity index (χ1v) is 6.52. The fourth-order valence-corrected chi connectivity index (χ4v) is 2.18. The summed E-state index contributed by atoms with van der Waals surface area (Å²) in [6, 6.07) is 7.77. The van der Waals surface area contributed by atoms with Gasteiger partial charge in [-0.3, -0.25) is 9.78 Å². The molecule has 3 aromatic rings. The van der Waals surface area contributed by atoms with Crippen LogP contribution in [-0.4, -0.2) is 31.5 Å². The van der Waals surface area contributed by atoms with Gasteiger partial charge in [-0.1, -0.05) is 23.4 Å². The van der Waals surface area contributed by atoms with Gasteiger partial charge in [-0.05, 0) is 25.5 Å². The molecule has 7 heteroatoms. The predicted octanol–water partition coefficient (Wildman–Crippen LogP) is 1.29. The van der Waals surface area contributed by atoms with E-state index >= 15 is 0 Å². The van der Waals surface area contributed by atoms with Crippen molar-refractivity contribution in [3.63, 3.8) is 0 Å². The van der Waals surface area contributed by atoms with Gasteiger partial charge in [0.15, 0.2) is 5.82 Å². The largest absolute Gasteiger partial charge is 0.345 e. The lowest BCUT2D eigenvalue weighted by Gasteiger charge is -2.09. The fourth-order valence-electron chi connectivity index (χ4n) is 2.18. The molecule has 0 fully saturated rings. The molecule has 3 rings (SSSR count). The van der Waals surface area contributed by atoms with Gasteiger partial charge in [0.05, 0.1) is 23.3 Å². The molecule has 0 saturated heterocycles. The third-order valence-electron chi connectivity index (χ3n) is 3.28. The Morgan fingerprint density at radius 2 is 2.19 bits per heavy atom. The van der Waals surface area contributed by atoms with Crippen LogP contribution in [0.3, 0.4) is 0 Å². The third kappa shape index (κ3) is 2.58. The van der Waals surface area contributed by atoms with Crippen molar-refractivity contribution >= 4 is 16.8 Å². The number of aromatic amines is 1. The summed E-state index contributed by atoms with van der Waals surface area (Å²) >= 11 is 0. The third-order valence-corrected chi connectivity index (χ3v) is 3.28. The van der Waals surface area contributed by atoms with E-state index in [0.29, 0.717) is 17.1 Å². The Balaban J connectivity index is 1.89. The second kappa shape index (κ2) is 5.28. The minimum atomic E-state index is -0.201. The first-order valence-electron chi connectivity index (χ1n) is 6.52. The van der Waals surface area contributed by atoms with E-state index in [4.69, 9.17) is 0 Å². The molecule has 21 heavy (non-hydrogen) atoms. The van der Waals surface area contributed by atoms with Crippen LogP contribution in [0.4, 0.5) is 0 Å². The van der Waals surface area contributed by atoms with Crippen molar-refractivity contribution in [2.75, 3.05) is 0 Å². The van der Waals surface area contributed by atoms with Gasteiger partial charge in [-0.25, -0.2) is 0 Å². The van der Waals surface area contributed by atoms with Crippen molar-refractivity contribution in [1.29, 1.82) is 0 Å². The van der Waals surface area contributed by atoms with E-state index in [1.807, 2.05) is 38.1 Å². The first kappa shape index (κ1) is 13.2. The second-order valence-electron chi connectivity index (χ2n) is 4.78. The zero-order valence-corrected chi connectivity index (χ0v) is 11.7. The number of aromatic nitrogens is 5. The Labute approximate surface area is 120 Å². The SMILES string of the molecule is Cc1nc2c(C)cccc2cc1C(=O)NCc1nn[nH]n1. The van der Waals surface area contributed by atoms with Crippen molar-refractivity contribution in [2.45, 2.75) is 20.4 Å². The number of para-hydroxylation sites is 1. The van der Waals surface area contributed by atoms with Crippen LogP contribution in [0.25, 0.3) is 10.9 Å². The molecule has 0 bridgehead atoms. The lowest BCUT2D eigenvalue weighted by molar-refractivity contribution is 0.0949. The number of carbonyl (C=O) groups is 1. The van der Waals surface area contributed by atoms with Crippen molar-refractivity contribution in [2.24, 2.45) is 0 Å². The molecule has 0 spiro atoms. The molecule has 0 saturated carbocycles. The quantitative estimate of drug-likeness (QED) is 0.754. The Hall–Kier alpha value is -2.83. The molecule has 2 N–H and O–H groups in total. The standard InChI is InChI=1S/C14H14N6O/c1-8-4-3-5-10-6-11(9(2)16-13(8)10)14(21)15-7-12-17-19-20-18-12/h3-6H,7H2,1-2H3,(H,15,21)(H,17,18,19,20). The Bertz CT molecular complexity index is 797. The fraction of sp³-hybridized carbons (Fsp3) is 0.214. The maximum absolute atomic E-state index is 12.3. The van der Waals surface area contributed by atoms with Gasteiger partial charge in [-0.15, -0.1) is 10.2 Å². The Morgan fingerprint density at radius 1 is 1.33 bits per heavy atom. The molecule has 0 aliphatic rings. The summed E-state index contributed by atoms with van der Waals surface area (Å²) < 4.78 is 0. The number of carbonyl (C=O) groups excluding carboxylic acids is 1. The highest BCUT2D eigenvalue weighted by atomic mass is 16.1. The van der Waals surface area contributed by atoms with Crippen LogP contribution in [-0.2, 0) is 6.54 Å². The van der Waals surface area contributed by atoms with Crippen molar-refractivity contribution in [3.8, 4) is 0 Å². The van der Waals surface area contributed by atoms with Gasteiger partial charge in [-0.2, -0.15) is 5.21 Å². The summed E-state index contributed by atoms with van der Waals surface area (Å²) in [7, 11) is 0. The van der Waals surface area contributed by atoms with Crippen LogP contribution in [0.2, 0.25) is 0 Å². The highest BCUT2D eigenvalue weighted by Crippen LogP contribution is 2.19. The predicted molar refractivity (Wildman–Crippen MR) is 76.6 cm³/mol. The number of hydrogen-bond donors (Lipinski definition) is 2. The molecule has 0 unspecified atom stereocenters. The highest BCUT2D eigenvalue weighted by molar-refractivity contribution is 5.98. The molecular weight excluding hydrogens is 268 g/mol. The maximum Gasteiger partial charge on any atom is 0.253 e. The molecule has 7 nitrogen and oxygen atoms in total. The topological polar surface area (TPSA) is 96.5 Å². The summed E-state index contributed by atoms with van der Waals surface area (Å²) in [5.74, 6) is 0.235. The second-order valence-corrected chi connectivity index (χ2v) is 4.78. The molecule has 0 aliphatic heterocycles. The summed E-state index contributed by atoms with van der Waals surface area (Å²) in [5.41, 5.74) is 3.26. The smallest absolute Gasteiger partial charge is 0.253 e. The number of amides is 1. The van der Waals surface area contributed by atoms with Gasteiger partial charge in [0.2, 0.25) is 0 Å². The summed E-state index contributed by atoms with van der Waals surface area (Å²) in [6.45, 7) is 4.06. The normalized spacial score (nSPS) is 10.8. The monoisotopic (exact) mass is 282 g/mol. The van der Waals surface area contributed by atoms with Gasteiger partial charge in [0.1, 0.15) is 0 Å². The zero-order valence-electron chi connectivity index (χ0n) is 11.7. The van der Waals surface area contributed by atoms with E-state index in [9.17, 15) is 4.79 Å². The minimum absolute atomic E-state index is 0.201. The summed E-state index contributed by atoms with van der Waals surface area (Å²) in [4.78, 5) is 16.8. The average molecular weight is 282 g/mol. The van der Waals surface area contributed by atoms with E-state index in [1.54, 1.807) is 0 Å². The number of tetrazole rings is 1. The number of nitrogens with zero attached hydrogens (tertiary/aromatic N) is 4. The van der Waals surface area contributed by atoms with E-state index in [2.05, 4.69) is 30.9 Å². The Kier molecular flexibility index (Phi) is 3.31. The number of aryl methyl sites for hydroxylation is 2. The number of H-pyrrole nitrogens is 1. The molecular formula is C14H14N6O. The molecule has 0 radical (unpaired) electrons. The molecule has 1 amide bonds. The van der Waals surface area contributed by atoms with E-state index < -0.39 is 0 Å². The maximum atomic E-state index is 12.3. The van der Waals surface area contributed by atoms with Gasteiger partial charge in [0, 0.05) is 5.39 Å². The first-order chi connectivity index (χ1) is 10.1. The van der Waals surface area contributed by atoms with E-state index in [1.165, 1.54) is 0 Å². The summed E-state index contributed by atoms with van der Waals surface area (Å²) in [6.07, 6.45) is 0. The van der Waals surface area contributed by atoms with Crippen molar-refractivity contribution < 1.29 is 4.79 Å². The number of hydrogen-bond acceptors (Lipinski definition) is 5. The molecule has 0 atom stereocenters. The number of fused-ring (bicyclic) bond motifs is 1. The average Bonchev–Trinajstić information content (AvgIpc) is 2.98. The van der Waals surface area contributed by atoms with Gasteiger partial charge in [0.25, 0.3) is 5.91 Å². The van der Waals surface area contributed by atoms with Gasteiger partial charge >= 0.3 is 0 Å². The van der Waals surface area contributed by atoms with Crippen LogP contribution in [0.5, 0.6) is 0 Å². The lowest BCUT2D eigenvalue weighted by atomic mass is 10.1. The van der Waals surface area contributed by atoms with E-state index in [-0.39, 0.29) is 12.5 Å². The molecule has 1 aromatic carbocycles. The van der Waals surface area contributed by atoms with Crippen LogP contribution >= 0.6 is 0 Å².